The zero-order valence-corrected chi connectivity index (χ0v) is 12.8. The largest absolute Gasteiger partial charge is 0.354 e. The Hall–Kier alpha value is -2.62. The van der Waals surface area contributed by atoms with Gasteiger partial charge in [-0.2, -0.15) is 0 Å². The molecule has 0 aromatic heterocycles. The van der Waals surface area contributed by atoms with E-state index in [9.17, 15) is 0 Å². The quantitative estimate of drug-likeness (QED) is 0.799. The SMILES string of the molecule is C=CN1C=CN(Cc2ccccc2CN2C=CN(C=C)C2)C1. The van der Waals surface area contributed by atoms with Crippen molar-refractivity contribution in [2.75, 3.05) is 13.3 Å². The van der Waals surface area contributed by atoms with Crippen LogP contribution in [0.4, 0.5) is 0 Å². The number of nitrogens with zero attached hydrogens (tertiary/aromatic N) is 4. The molecule has 2 heterocycles. The number of benzene rings is 1. The topological polar surface area (TPSA) is 13.0 Å². The lowest BCUT2D eigenvalue weighted by Gasteiger charge is -2.23. The van der Waals surface area contributed by atoms with Gasteiger partial charge in [-0.1, -0.05) is 37.4 Å². The molecule has 114 valence electrons. The van der Waals surface area contributed by atoms with Gasteiger partial charge in [0, 0.05) is 37.9 Å². The summed E-state index contributed by atoms with van der Waals surface area (Å²) in [4.78, 5) is 8.73. The van der Waals surface area contributed by atoms with Crippen LogP contribution in [-0.4, -0.2) is 32.9 Å². The normalized spacial score (nSPS) is 16.7. The first-order chi connectivity index (χ1) is 10.8. The molecule has 0 spiro atoms. The van der Waals surface area contributed by atoms with E-state index in [-0.39, 0.29) is 0 Å². The Morgan fingerprint density at radius 3 is 1.59 bits per heavy atom. The van der Waals surface area contributed by atoms with Gasteiger partial charge in [-0.05, 0) is 23.5 Å². The van der Waals surface area contributed by atoms with Gasteiger partial charge in [0.05, 0.1) is 13.3 Å². The van der Waals surface area contributed by atoms with Crippen LogP contribution < -0.4 is 0 Å². The summed E-state index contributed by atoms with van der Waals surface area (Å²) in [6.45, 7) is 11.2. The Bertz CT molecular complexity index is 552. The molecule has 0 saturated carbocycles. The third kappa shape index (κ3) is 3.17. The first-order valence-electron chi connectivity index (χ1n) is 7.46. The summed E-state index contributed by atoms with van der Waals surface area (Å²) in [6.07, 6.45) is 12.0. The Morgan fingerprint density at radius 1 is 0.773 bits per heavy atom. The van der Waals surface area contributed by atoms with Gasteiger partial charge in [0.1, 0.15) is 0 Å². The third-order valence-electron chi connectivity index (χ3n) is 3.96. The Labute approximate surface area is 132 Å². The van der Waals surface area contributed by atoms with Crippen molar-refractivity contribution in [3.63, 3.8) is 0 Å². The molecule has 0 amide bonds. The highest BCUT2D eigenvalue weighted by Crippen LogP contribution is 2.19. The highest BCUT2D eigenvalue weighted by atomic mass is 15.3. The van der Waals surface area contributed by atoms with E-state index < -0.39 is 0 Å². The van der Waals surface area contributed by atoms with E-state index in [1.165, 1.54) is 11.1 Å². The van der Waals surface area contributed by atoms with Gasteiger partial charge in [-0.25, -0.2) is 0 Å². The van der Waals surface area contributed by atoms with E-state index in [2.05, 4.69) is 81.8 Å². The fourth-order valence-corrected chi connectivity index (χ4v) is 2.71. The van der Waals surface area contributed by atoms with Crippen LogP contribution in [0.2, 0.25) is 0 Å². The van der Waals surface area contributed by atoms with Crippen molar-refractivity contribution in [3.8, 4) is 0 Å². The molecule has 3 rings (SSSR count). The van der Waals surface area contributed by atoms with Crippen molar-refractivity contribution in [2.45, 2.75) is 13.1 Å². The zero-order chi connectivity index (χ0) is 15.4. The van der Waals surface area contributed by atoms with Crippen molar-refractivity contribution in [2.24, 2.45) is 0 Å². The Kier molecular flexibility index (Phi) is 4.19. The average molecular weight is 294 g/mol. The Morgan fingerprint density at radius 2 is 1.23 bits per heavy atom. The number of hydrogen-bond acceptors (Lipinski definition) is 4. The second-order valence-corrected chi connectivity index (χ2v) is 5.54. The molecular formula is C18H22N4. The van der Waals surface area contributed by atoms with E-state index in [0.717, 1.165) is 26.4 Å². The summed E-state index contributed by atoms with van der Waals surface area (Å²) in [6, 6.07) is 8.65. The first-order valence-corrected chi connectivity index (χ1v) is 7.46. The van der Waals surface area contributed by atoms with Crippen LogP contribution in [-0.2, 0) is 13.1 Å². The molecule has 4 nitrogen and oxygen atoms in total. The summed E-state index contributed by atoms with van der Waals surface area (Å²) in [7, 11) is 0. The van der Waals surface area contributed by atoms with Crippen LogP contribution in [0.3, 0.4) is 0 Å². The van der Waals surface area contributed by atoms with Gasteiger partial charge >= 0.3 is 0 Å². The predicted molar refractivity (Wildman–Crippen MR) is 89.6 cm³/mol. The van der Waals surface area contributed by atoms with Crippen molar-refractivity contribution < 1.29 is 0 Å². The van der Waals surface area contributed by atoms with Crippen LogP contribution in [0, 0.1) is 0 Å². The molecule has 2 aliphatic rings. The predicted octanol–water partition coefficient (Wildman–Crippen LogP) is 3.07. The molecule has 0 unspecified atom stereocenters. The van der Waals surface area contributed by atoms with Gasteiger partial charge in [0.2, 0.25) is 0 Å². The second-order valence-electron chi connectivity index (χ2n) is 5.54. The molecule has 0 saturated heterocycles. The van der Waals surface area contributed by atoms with Crippen LogP contribution in [0.25, 0.3) is 0 Å². The maximum absolute atomic E-state index is 3.81. The summed E-state index contributed by atoms with van der Waals surface area (Å²) in [5.74, 6) is 0. The van der Waals surface area contributed by atoms with Crippen molar-refractivity contribution in [3.05, 3.63) is 85.7 Å². The molecule has 0 aliphatic carbocycles. The lowest BCUT2D eigenvalue weighted by atomic mass is 10.1. The minimum Gasteiger partial charge on any atom is -0.354 e. The maximum atomic E-state index is 3.81. The van der Waals surface area contributed by atoms with E-state index in [1.807, 2.05) is 12.4 Å². The van der Waals surface area contributed by atoms with Crippen LogP contribution in [0.5, 0.6) is 0 Å². The van der Waals surface area contributed by atoms with E-state index in [4.69, 9.17) is 0 Å². The highest BCUT2D eigenvalue weighted by Gasteiger charge is 2.15. The van der Waals surface area contributed by atoms with Crippen LogP contribution in [0.1, 0.15) is 11.1 Å². The molecule has 0 radical (unpaired) electrons. The third-order valence-corrected chi connectivity index (χ3v) is 3.96. The van der Waals surface area contributed by atoms with Crippen molar-refractivity contribution in [1.29, 1.82) is 0 Å². The summed E-state index contributed by atoms with van der Waals surface area (Å²) < 4.78 is 0. The smallest absolute Gasteiger partial charge is 0.0939 e. The molecule has 0 atom stereocenters. The highest BCUT2D eigenvalue weighted by molar-refractivity contribution is 5.28. The second kappa shape index (κ2) is 6.43. The van der Waals surface area contributed by atoms with E-state index in [1.54, 1.807) is 0 Å². The number of hydrogen-bond donors (Lipinski definition) is 0. The van der Waals surface area contributed by atoms with Gasteiger partial charge in [0.15, 0.2) is 0 Å². The fourth-order valence-electron chi connectivity index (χ4n) is 2.71. The fraction of sp³-hybridized carbons (Fsp3) is 0.222. The monoisotopic (exact) mass is 294 g/mol. The molecule has 22 heavy (non-hydrogen) atoms. The lowest BCUT2D eigenvalue weighted by Crippen LogP contribution is -2.24. The van der Waals surface area contributed by atoms with Gasteiger partial charge in [-0.15, -0.1) is 0 Å². The van der Waals surface area contributed by atoms with E-state index in [0.29, 0.717) is 0 Å². The summed E-state index contributed by atoms with van der Waals surface area (Å²) in [5.41, 5.74) is 2.73. The van der Waals surface area contributed by atoms with E-state index >= 15 is 0 Å². The minimum absolute atomic E-state index is 0.867. The van der Waals surface area contributed by atoms with Crippen molar-refractivity contribution >= 4 is 0 Å². The summed E-state index contributed by atoms with van der Waals surface area (Å²) in [5, 5.41) is 0. The zero-order valence-electron chi connectivity index (χ0n) is 12.8. The summed E-state index contributed by atoms with van der Waals surface area (Å²) >= 11 is 0. The first kappa shape index (κ1) is 14.3. The standard InChI is InChI=1S/C18H22N4/c1-3-19-9-11-21(15-19)13-17-7-5-6-8-18(17)14-22-12-10-20(4-2)16-22/h3-12H,1-2,13-16H2. The molecule has 1 aromatic carbocycles. The molecule has 1 aromatic rings. The molecule has 0 N–H and O–H groups in total. The molecule has 0 fully saturated rings. The molecular weight excluding hydrogens is 272 g/mol. The van der Waals surface area contributed by atoms with Gasteiger partial charge in [0.25, 0.3) is 0 Å². The maximum Gasteiger partial charge on any atom is 0.0939 e. The van der Waals surface area contributed by atoms with Crippen LogP contribution >= 0.6 is 0 Å². The lowest BCUT2D eigenvalue weighted by molar-refractivity contribution is 0.296. The number of rotatable bonds is 6. The Balaban J connectivity index is 1.66. The van der Waals surface area contributed by atoms with Crippen molar-refractivity contribution in [1.82, 2.24) is 19.6 Å². The van der Waals surface area contributed by atoms with Gasteiger partial charge in [-0.3, -0.25) is 0 Å². The molecule has 0 bridgehead atoms. The molecule has 4 heteroatoms. The average Bonchev–Trinajstić information content (AvgIpc) is 3.18. The minimum atomic E-state index is 0.867. The van der Waals surface area contributed by atoms with Gasteiger partial charge < -0.3 is 19.6 Å². The molecule has 2 aliphatic heterocycles. The van der Waals surface area contributed by atoms with Crippen LogP contribution in [0.15, 0.2) is 74.6 Å².